The Morgan fingerprint density at radius 1 is 1.21 bits per heavy atom. The Morgan fingerprint density at radius 2 is 1.93 bits per heavy atom. The molecule has 0 heterocycles. The van der Waals surface area contributed by atoms with Gasteiger partial charge in [0.25, 0.3) is 0 Å². The van der Waals surface area contributed by atoms with Crippen LogP contribution in [0, 0.1) is 0 Å². The van der Waals surface area contributed by atoms with Crippen LogP contribution in [-0.2, 0) is 4.79 Å². The van der Waals surface area contributed by atoms with Gasteiger partial charge in [0.2, 0.25) is 0 Å². The maximum atomic E-state index is 13.2. The molecule has 2 unspecified atom stereocenters. The van der Waals surface area contributed by atoms with Crippen molar-refractivity contribution in [2.24, 2.45) is 0 Å². The molecule has 1 saturated carbocycles. The highest BCUT2D eigenvalue weighted by Crippen LogP contribution is 2.32. The largest absolute Gasteiger partial charge is 0.296 e. The molecule has 2 heteroatoms. The summed E-state index contributed by atoms with van der Waals surface area (Å²) in [5.41, 5.74) is 1.16. The highest BCUT2D eigenvalue weighted by atomic mass is 19.1. The minimum absolute atomic E-state index is 0.225. The van der Waals surface area contributed by atoms with Gasteiger partial charge in [0.1, 0.15) is 0 Å². The number of carbonyl (C=O) groups excluding carboxylic acids is 1. The minimum Gasteiger partial charge on any atom is -0.296 e. The molecule has 1 fully saturated rings. The second-order valence-electron chi connectivity index (χ2n) is 3.82. The van der Waals surface area contributed by atoms with Gasteiger partial charge in [-0.15, -0.1) is 0 Å². The zero-order valence-electron chi connectivity index (χ0n) is 7.95. The fraction of sp³-hybridized carbons (Fsp3) is 0.417. The maximum absolute atomic E-state index is 13.2. The molecule has 1 aliphatic rings. The molecule has 0 saturated heterocycles. The third-order valence-electron chi connectivity index (χ3n) is 2.85. The van der Waals surface area contributed by atoms with E-state index in [0.29, 0.717) is 12.8 Å². The third-order valence-corrected chi connectivity index (χ3v) is 2.85. The van der Waals surface area contributed by atoms with Crippen molar-refractivity contribution < 1.29 is 9.18 Å². The zero-order valence-corrected chi connectivity index (χ0v) is 7.95. The quantitative estimate of drug-likeness (QED) is 0.668. The molecule has 0 bridgehead atoms. The summed E-state index contributed by atoms with van der Waals surface area (Å²) in [6.45, 7) is 0. The Labute approximate surface area is 82.9 Å². The minimum atomic E-state index is -1.24. The van der Waals surface area contributed by atoms with Crippen molar-refractivity contribution >= 4 is 5.78 Å². The van der Waals surface area contributed by atoms with Crippen LogP contribution in [0.3, 0.4) is 0 Å². The smallest absolute Gasteiger partial charge is 0.166 e. The molecule has 1 aromatic rings. The fourth-order valence-corrected chi connectivity index (χ4v) is 2.00. The molecule has 0 spiro atoms. The normalized spacial score (nSPS) is 27.6. The number of carbonyl (C=O) groups is 1. The Morgan fingerprint density at radius 3 is 2.57 bits per heavy atom. The third kappa shape index (κ3) is 1.84. The average Bonchev–Trinajstić information content (AvgIpc) is 2.23. The van der Waals surface area contributed by atoms with Crippen LogP contribution in [0.15, 0.2) is 30.3 Å². The highest BCUT2D eigenvalue weighted by Gasteiger charge is 2.28. The van der Waals surface area contributed by atoms with E-state index < -0.39 is 6.17 Å². The first-order valence-corrected chi connectivity index (χ1v) is 4.99. The van der Waals surface area contributed by atoms with Gasteiger partial charge in [-0.25, -0.2) is 4.39 Å². The first-order chi connectivity index (χ1) is 6.77. The predicted molar refractivity (Wildman–Crippen MR) is 52.9 cm³/mol. The standard InChI is InChI=1S/C12H13FO/c13-11-8-10(6-7-12(11)14)9-4-2-1-3-5-9/h1-5,10-11H,6-8H2. The molecule has 0 aromatic heterocycles. The van der Waals surface area contributed by atoms with E-state index in [9.17, 15) is 9.18 Å². The van der Waals surface area contributed by atoms with Gasteiger partial charge >= 0.3 is 0 Å². The van der Waals surface area contributed by atoms with Gasteiger partial charge in [0.05, 0.1) is 0 Å². The molecule has 1 aromatic carbocycles. The number of alkyl halides is 1. The predicted octanol–water partition coefficient (Wildman–Crippen LogP) is 2.86. The Balaban J connectivity index is 2.11. The van der Waals surface area contributed by atoms with E-state index in [-0.39, 0.29) is 11.7 Å². The zero-order chi connectivity index (χ0) is 9.97. The lowest BCUT2D eigenvalue weighted by molar-refractivity contribution is -0.125. The summed E-state index contributed by atoms with van der Waals surface area (Å²) >= 11 is 0. The van der Waals surface area contributed by atoms with E-state index in [1.807, 2.05) is 30.3 Å². The molecule has 1 aliphatic carbocycles. The monoisotopic (exact) mass is 192 g/mol. The van der Waals surface area contributed by atoms with Crippen molar-refractivity contribution in [3.8, 4) is 0 Å². The molecule has 0 aliphatic heterocycles. The summed E-state index contributed by atoms with van der Waals surface area (Å²) in [4.78, 5) is 11.0. The number of rotatable bonds is 1. The molecule has 1 nitrogen and oxygen atoms in total. The lowest BCUT2D eigenvalue weighted by Gasteiger charge is -2.23. The van der Waals surface area contributed by atoms with Crippen LogP contribution in [0.4, 0.5) is 4.39 Å². The Kier molecular flexibility index (Phi) is 2.62. The second-order valence-corrected chi connectivity index (χ2v) is 3.82. The molecule has 0 amide bonds. The molecule has 2 atom stereocenters. The summed E-state index contributed by atoms with van der Waals surface area (Å²) < 4.78 is 13.2. The molecular weight excluding hydrogens is 179 g/mol. The lowest BCUT2D eigenvalue weighted by atomic mass is 9.82. The van der Waals surface area contributed by atoms with E-state index in [0.717, 1.165) is 12.0 Å². The SMILES string of the molecule is O=C1CCC(c2ccccc2)CC1F. The summed E-state index contributed by atoms with van der Waals surface area (Å²) in [6.07, 6.45) is 0.307. The number of halogens is 1. The molecule has 2 rings (SSSR count). The molecular formula is C12H13FO. The maximum Gasteiger partial charge on any atom is 0.166 e. The van der Waals surface area contributed by atoms with Crippen molar-refractivity contribution in [3.05, 3.63) is 35.9 Å². The second kappa shape index (κ2) is 3.91. The van der Waals surface area contributed by atoms with Crippen LogP contribution in [-0.4, -0.2) is 12.0 Å². The molecule has 0 N–H and O–H groups in total. The number of ketones is 1. The van der Waals surface area contributed by atoms with E-state index >= 15 is 0 Å². The average molecular weight is 192 g/mol. The summed E-state index contributed by atoms with van der Waals surface area (Å²) in [5.74, 6) is 0.00100. The summed E-state index contributed by atoms with van der Waals surface area (Å²) in [7, 11) is 0. The summed E-state index contributed by atoms with van der Waals surface area (Å²) in [5, 5.41) is 0. The van der Waals surface area contributed by atoms with E-state index in [2.05, 4.69) is 0 Å². The van der Waals surface area contributed by atoms with Crippen LogP contribution >= 0.6 is 0 Å². The Bertz CT molecular complexity index is 320. The number of hydrogen-bond donors (Lipinski definition) is 0. The van der Waals surface area contributed by atoms with Gasteiger partial charge in [-0.05, 0) is 24.3 Å². The van der Waals surface area contributed by atoms with Crippen molar-refractivity contribution in [1.29, 1.82) is 0 Å². The van der Waals surface area contributed by atoms with Crippen molar-refractivity contribution in [2.45, 2.75) is 31.4 Å². The lowest BCUT2D eigenvalue weighted by Crippen LogP contribution is -2.24. The molecule has 14 heavy (non-hydrogen) atoms. The first-order valence-electron chi connectivity index (χ1n) is 4.99. The van der Waals surface area contributed by atoms with Crippen molar-refractivity contribution in [1.82, 2.24) is 0 Å². The topological polar surface area (TPSA) is 17.1 Å². The number of benzene rings is 1. The summed E-state index contributed by atoms with van der Waals surface area (Å²) in [6, 6.07) is 9.88. The highest BCUT2D eigenvalue weighted by molar-refractivity contribution is 5.83. The van der Waals surface area contributed by atoms with Gasteiger partial charge < -0.3 is 0 Å². The van der Waals surface area contributed by atoms with E-state index in [4.69, 9.17) is 0 Å². The van der Waals surface area contributed by atoms with Crippen molar-refractivity contribution in [2.75, 3.05) is 0 Å². The fourth-order valence-electron chi connectivity index (χ4n) is 2.00. The van der Waals surface area contributed by atoms with Gasteiger partial charge in [-0.3, -0.25) is 4.79 Å². The van der Waals surface area contributed by atoms with Crippen LogP contribution in [0.5, 0.6) is 0 Å². The molecule has 0 radical (unpaired) electrons. The van der Waals surface area contributed by atoms with Crippen LogP contribution in [0.25, 0.3) is 0 Å². The van der Waals surface area contributed by atoms with Crippen LogP contribution in [0.2, 0.25) is 0 Å². The number of hydrogen-bond acceptors (Lipinski definition) is 1. The van der Waals surface area contributed by atoms with E-state index in [1.165, 1.54) is 0 Å². The van der Waals surface area contributed by atoms with Gasteiger partial charge in [0, 0.05) is 6.42 Å². The number of Topliss-reactive ketones (excluding diaryl/α,β-unsaturated/α-hetero) is 1. The Hall–Kier alpha value is -1.18. The van der Waals surface area contributed by atoms with Crippen LogP contribution in [0.1, 0.15) is 30.7 Å². The van der Waals surface area contributed by atoms with Crippen molar-refractivity contribution in [3.63, 3.8) is 0 Å². The van der Waals surface area contributed by atoms with Crippen LogP contribution < -0.4 is 0 Å². The van der Waals surface area contributed by atoms with Gasteiger partial charge in [0.15, 0.2) is 12.0 Å². The molecule has 74 valence electrons. The first kappa shape index (κ1) is 9.38. The van der Waals surface area contributed by atoms with E-state index in [1.54, 1.807) is 0 Å². The van der Waals surface area contributed by atoms with Gasteiger partial charge in [-0.1, -0.05) is 30.3 Å². The van der Waals surface area contributed by atoms with Gasteiger partial charge in [-0.2, -0.15) is 0 Å².